The number of esters is 1. The Bertz CT molecular complexity index is 590. The zero-order chi connectivity index (χ0) is 15.1. The van der Waals surface area contributed by atoms with Gasteiger partial charge in [0.2, 0.25) is 0 Å². The van der Waals surface area contributed by atoms with E-state index >= 15 is 0 Å². The molecule has 0 radical (unpaired) electrons. The van der Waals surface area contributed by atoms with Gasteiger partial charge in [-0.05, 0) is 48.6 Å². The minimum Gasteiger partial charge on any atom is -0.466 e. The van der Waals surface area contributed by atoms with E-state index in [0.717, 1.165) is 29.0 Å². The number of carbonyl (C=O) groups is 1. The third kappa shape index (κ3) is 4.91. The summed E-state index contributed by atoms with van der Waals surface area (Å²) in [6.45, 7) is 2.28. The summed E-state index contributed by atoms with van der Waals surface area (Å²) in [7, 11) is 0. The largest absolute Gasteiger partial charge is 0.466 e. The summed E-state index contributed by atoms with van der Waals surface area (Å²) in [5.41, 5.74) is 3.48. The lowest BCUT2D eigenvalue weighted by molar-refractivity contribution is -0.143. The highest BCUT2D eigenvalue weighted by molar-refractivity contribution is 6.30. The van der Waals surface area contributed by atoms with Crippen LogP contribution in [0.25, 0.3) is 11.1 Å². The fourth-order valence-corrected chi connectivity index (χ4v) is 2.39. The molecule has 2 aromatic rings. The smallest absolute Gasteiger partial charge is 0.305 e. The molecule has 2 nitrogen and oxygen atoms in total. The number of hydrogen-bond donors (Lipinski definition) is 0. The van der Waals surface area contributed by atoms with Gasteiger partial charge < -0.3 is 4.74 Å². The Morgan fingerprint density at radius 3 is 2.52 bits per heavy atom. The molecule has 0 aromatic heterocycles. The van der Waals surface area contributed by atoms with Crippen molar-refractivity contribution in [2.75, 3.05) is 6.61 Å². The molecule has 0 saturated heterocycles. The molecular weight excluding hydrogens is 284 g/mol. The Balaban J connectivity index is 1.92. The number of aryl methyl sites for hydroxylation is 1. The molecule has 0 spiro atoms. The molecule has 0 bridgehead atoms. The Morgan fingerprint density at radius 1 is 1.10 bits per heavy atom. The fourth-order valence-electron chi connectivity index (χ4n) is 2.20. The molecule has 0 atom stereocenters. The quantitative estimate of drug-likeness (QED) is 0.710. The molecule has 2 rings (SSSR count). The van der Waals surface area contributed by atoms with Gasteiger partial charge in [-0.1, -0.05) is 48.0 Å². The zero-order valence-corrected chi connectivity index (χ0v) is 12.9. The lowest BCUT2D eigenvalue weighted by Crippen LogP contribution is -2.03. The van der Waals surface area contributed by atoms with Gasteiger partial charge in [0.15, 0.2) is 0 Å². The van der Waals surface area contributed by atoms with E-state index in [0.29, 0.717) is 13.0 Å². The minimum atomic E-state index is -0.118. The molecule has 0 heterocycles. The van der Waals surface area contributed by atoms with Crippen LogP contribution in [0.1, 0.15) is 25.3 Å². The number of halogens is 1. The van der Waals surface area contributed by atoms with Crippen LogP contribution in [-0.2, 0) is 16.0 Å². The molecule has 0 amide bonds. The van der Waals surface area contributed by atoms with Gasteiger partial charge in [0.1, 0.15) is 0 Å². The monoisotopic (exact) mass is 302 g/mol. The van der Waals surface area contributed by atoms with Gasteiger partial charge in [0, 0.05) is 11.4 Å². The second-order valence-corrected chi connectivity index (χ2v) is 5.30. The van der Waals surface area contributed by atoms with Crippen molar-refractivity contribution in [2.24, 2.45) is 0 Å². The van der Waals surface area contributed by atoms with E-state index in [-0.39, 0.29) is 5.97 Å². The number of benzene rings is 2. The molecule has 0 aliphatic carbocycles. The second-order valence-electron chi connectivity index (χ2n) is 4.87. The summed E-state index contributed by atoms with van der Waals surface area (Å²) in [5.74, 6) is -0.118. The molecule has 0 aliphatic heterocycles. The highest BCUT2D eigenvalue weighted by Gasteiger charge is 2.03. The lowest BCUT2D eigenvalue weighted by Gasteiger charge is -2.05. The SMILES string of the molecule is CCOC(=O)CCCc1ccc(-c2cccc(Cl)c2)cc1. The van der Waals surface area contributed by atoms with Crippen LogP contribution in [-0.4, -0.2) is 12.6 Å². The van der Waals surface area contributed by atoms with Crippen molar-refractivity contribution in [3.05, 3.63) is 59.1 Å². The number of rotatable bonds is 6. The summed E-state index contributed by atoms with van der Waals surface area (Å²) >= 11 is 6.01. The first-order valence-electron chi connectivity index (χ1n) is 7.19. The molecule has 21 heavy (non-hydrogen) atoms. The Labute approximate surface area is 130 Å². The van der Waals surface area contributed by atoms with Crippen LogP contribution in [0.4, 0.5) is 0 Å². The number of hydrogen-bond acceptors (Lipinski definition) is 2. The molecule has 2 aromatic carbocycles. The molecule has 110 valence electrons. The maximum Gasteiger partial charge on any atom is 0.305 e. The predicted molar refractivity (Wildman–Crippen MR) is 86.5 cm³/mol. The topological polar surface area (TPSA) is 26.3 Å². The van der Waals surface area contributed by atoms with Crippen molar-refractivity contribution in [1.29, 1.82) is 0 Å². The van der Waals surface area contributed by atoms with E-state index in [2.05, 4.69) is 24.3 Å². The van der Waals surface area contributed by atoms with Crippen LogP contribution in [0.15, 0.2) is 48.5 Å². The maximum atomic E-state index is 11.3. The van der Waals surface area contributed by atoms with Crippen LogP contribution in [0, 0.1) is 0 Å². The molecule has 3 heteroatoms. The highest BCUT2D eigenvalue weighted by atomic mass is 35.5. The predicted octanol–water partition coefficient (Wildman–Crippen LogP) is 4.89. The van der Waals surface area contributed by atoms with Gasteiger partial charge in [-0.2, -0.15) is 0 Å². The van der Waals surface area contributed by atoms with Crippen LogP contribution in [0.5, 0.6) is 0 Å². The van der Waals surface area contributed by atoms with E-state index in [4.69, 9.17) is 16.3 Å². The van der Waals surface area contributed by atoms with E-state index in [1.165, 1.54) is 5.56 Å². The first-order chi connectivity index (χ1) is 10.2. The summed E-state index contributed by atoms with van der Waals surface area (Å²) in [4.78, 5) is 11.3. The molecule has 0 unspecified atom stereocenters. The van der Waals surface area contributed by atoms with Crippen molar-refractivity contribution in [3.8, 4) is 11.1 Å². The molecule has 0 fully saturated rings. The molecule has 0 N–H and O–H groups in total. The fraction of sp³-hybridized carbons (Fsp3) is 0.278. The summed E-state index contributed by atoms with van der Waals surface area (Å²) in [6, 6.07) is 16.2. The summed E-state index contributed by atoms with van der Waals surface area (Å²) < 4.78 is 4.92. The third-order valence-corrected chi connectivity index (χ3v) is 3.50. The van der Waals surface area contributed by atoms with Crippen LogP contribution in [0.3, 0.4) is 0 Å². The van der Waals surface area contributed by atoms with Crippen molar-refractivity contribution < 1.29 is 9.53 Å². The summed E-state index contributed by atoms with van der Waals surface area (Å²) in [6.07, 6.45) is 2.17. The van der Waals surface area contributed by atoms with E-state index in [9.17, 15) is 4.79 Å². The van der Waals surface area contributed by atoms with Gasteiger partial charge >= 0.3 is 5.97 Å². The first-order valence-corrected chi connectivity index (χ1v) is 7.57. The number of carbonyl (C=O) groups excluding carboxylic acids is 1. The maximum absolute atomic E-state index is 11.3. The van der Waals surface area contributed by atoms with Crippen LogP contribution >= 0.6 is 11.6 Å². The first kappa shape index (κ1) is 15.6. The Morgan fingerprint density at radius 2 is 1.86 bits per heavy atom. The molecule has 0 aliphatic rings. The number of ether oxygens (including phenoxy) is 1. The van der Waals surface area contributed by atoms with Gasteiger partial charge in [-0.15, -0.1) is 0 Å². The normalized spacial score (nSPS) is 10.4. The van der Waals surface area contributed by atoms with Crippen molar-refractivity contribution >= 4 is 17.6 Å². The van der Waals surface area contributed by atoms with E-state index in [1.54, 1.807) is 0 Å². The zero-order valence-electron chi connectivity index (χ0n) is 12.1. The highest BCUT2D eigenvalue weighted by Crippen LogP contribution is 2.23. The van der Waals surface area contributed by atoms with Crippen LogP contribution < -0.4 is 0 Å². The van der Waals surface area contributed by atoms with Gasteiger partial charge in [-0.3, -0.25) is 4.79 Å². The standard InChI is InChI=1S/C18H19ClO2/c1-2-21-18(20)8-3-5-14-9-11-15(12-10-14)16-6-4-7-17(19)13-16/h4,6-7,9-13H,2-3,5,8H2,1H3. The van der Waals surface area contributed by atoms with Gasteiger partial charge in [0.05, 0.1) is 6.61 Å². The van der Waals surface area contributed by atoms with Crippen LogP contribution in [0.2, 0.25) is 5.02 Å². The van der Waals surface area contributed by atoms with E-state index < -0.39 is 0 Å². The van der Waals surface area contributed by atoms with Gasteiger partial charge in [-0.25, -0.2) is 0 Å². The van der Waals surface area contributed by atoms with Crippen molar-refractivity contribution in [2.45, 2.75) is 26.2 Å². The minimum absolute atomic E-state index is 0.118. The van der Waals surface area contributed by atoms with E-state index in [1.807, 2.05) is 31.2 Å². The Hall–Kier alpha value is -1.80. The average Bonchev–Trinajstić information content (AvgIpc) is 2.48. The Kier molecular flexibility index (Phi) is 5.82. The van der Waals surface area contributed by atoms with Gasteiger partial charge in [0.25, 0.3) is 0 Å². The summed E-state index contributed by atoms with van der Waals surface area (Å²) in [5, 5.41) is 0.742. The lowest BCUT2D eigenvalue weighted by atomic mass is 10.0. The van der Waals surface area contributed by atoms with Crippen molar-refractivity contribution in [3.63, 3.8) is 0 Å². The third-order valence-electron chi connectivity index (χ3n) is 3.26. The molecular formula is C18H19ClO2. The second kappa shape index (κ2) is 7.84. The van der Waals surface area contributed by atoms with Crippen molar-refractivity contribution in [1.82, 2.24) is 0 Å². The average molecular weight is 303 g/mol. The molecule has 0 saturated carbocycles.